The number of hydrogen-bond acceptors (Lipinski definition) is 4. The van der Waals surface area contributed by atoms with Gasteiger partial charge in [0.05, 0.1) is 18.4 Å². The summed E-state index contributed by atoms with van der Waals surface area (Å²) >= 11 is 0. The molecule has 0 amide bonds. The Bertz CT molecular complexity index is 459. The SMILES string of the molecule is COc1ccc(C#N)c(NCC2CCN(C)CC2)c1. The highest BCUT2D eigenvalue weighted by Crippen LogP contribution is 2.23. The topological polar surface area (TPSA) is 48.3 Å². The quantitative estimate of drug-likeness (QED) is 0.901. The molecule has 0 bridgehead atoms. The highest BCUT2D eigenvalue weighted by molar-refractivity contribution is 5.60. The lowest BCUT2D eigenvalue weighted by Gasteiger charge is -2.29. The maximum absolute atomic E-state index is 9.12. The standard InChI is InChI=1S/C15H21N3O/c1-18-7-5-12(6-8-18)11-17-15-9-14(19-2)4-3-13(15)10-16/h3-4,9,12,17H,5-8,11H2,1-2H3. The largest absolute Gasteiger partial charge is 0.497 e. The van der Waals surface area contributed by atoms with E-state index in [1.807, 2.05) is 12.1 Å². The van der Waals surface area contributed by atoms with Crippen molar-refractivity contribution in [3.63, 3.8) is 0 Å². The number of piperidine rings is 1. The molecule has 0 radical (unpaired) electrons. The van der Waals surface area contributed by atoms with Crippen LogP contribution in [0.25, 0.3) is 0 Å². The summed E-state index contributed by atoms with van der Waals surface area (Å²) in [4.78, 5) is 2.36. The fourth-order valence-electron chi connectivity index (χ4n) is 2.41. The Morgan fingerprint density at radius 2 is 2.16 bits per heavy atom. The van der Waals surface area contributed by atoms with Crippen LogP contribution in [-0.4, -0.2) is 38.7 Å². The predicted octanol–water partition coefficient (Wildman–Crippen LogP) is 2.32. The minimum absolute atomic E-state index is 0.675. The zero-order valence-electron chi connectivity index (χ0n) is 11.6. The van der Waals surface area contributed by atoms with Gasteiger partial charge in [-0.3, -0.25) is 0 Å². The molecule has 1 aliphatic rings. The smallest absolute Gasteiger partial charge is 0.121 e. The van der Waals surface area contributed by atoms with E-state index in [9.17, 15) is 0 Å². The average molecular weight is 259 g/mol. The summed E-state index contributed by atoms with van der Waals surface area (Å²) in [7, 11) is 3.81. The van der Waals surface area contributed by atoms with Gasteiger partial charge >= 0.3 is 0 Å². The Kier molecular flexibility index (Phi) is 4.64. The lowest BCUT2D eigenvalue weighted by Crippen LogP contribution is -2.33. The summed E-state index contributed by atoms with van der Waals surface area (Å²) in [5.74, 6) is 1.47. The number of nitrogens with zero attached hydrogens (tertiary/aromatic N) is 2. The van der Waals surface area contributed by atoms with Crippen molar-refractivity contribution in [2.45, 2.75) is 12.8 Å². The van der Waals surface area contributed by atoms with E-state index in [2.05, 4.69) is 23.3 Å². The maximum Gasteiger partial charge on any atom is 0.121 e. The van der Waals surface area contributed by atoms with Gasteiger partial charge < -0.3 is 15.0 Å². The molecule has 102 valence electrons. The van der Waals surface area contributed by atoms with Crippen molar-refractivity contribution in [3.05, 3.63) is 23.8 Å². The van der Waals surface area contributed by atoms with Crippen molar-refractivity contribution in [1.82, 2.24) is 4.90 Å². The first kappa shape index (κ1) is 13.7. The molecule has 0 unspecified atom stereocenters. The fourth-order valence-corrected chi connectivity index (χ4v) is 2.41. The van der Waals surface area contributed by atoms with E-state index >= 15 is 0 Å². The molecule has 1 aliphatic heterocycles. The summed E-state index contributed by atoms with van der Waals surface area (Å²) in [6.45, 7) is 3.25. The number of likely N-dealkylation sites (tertiary alicyclic amines) is 1. The molecule has 2 rings (SSSR count). The molecule has 4 heteroatoms. The molecule has 1 N–H and O–H groups in total. The van der Waals surface area contributed by atoms with E-state index in [0.29, 0.717) is 11.5 Å². The van der Waals surface area contributed by atoms with Gasteiger partial charge in [0.2, 0.25) is 0 Å². The molecule has 1 heterocycles. The molecule has 0 aromatic heterocycles. The third kappa shape index (κ3) is 3.62. The molecule has 1 fully saturated rings. The summed E-state index contributed by atoms with van der Waals surface area (Å²) in [6, 6.07) is 7.73. The second-order valence-corrected chi connectivity index (χ2v) is 5.15. The third-order valence-electron chi connectivity index (χ3n) is 3.77. The molecule has 4 nitrogen and oxygen atoms in total. The van der Waals surface area contributed by atoms with Crippen LogP contribution < -0.4 is 10.1 Å². The monoisotopic (exact) mass is 259 g/mol. The van der Waals surface area contributed by atoms with E-state index in [0.717, 1.165) is 31.1 Å². The number of nitrogens with one attached hydrogen (secondary N) is 1. The van der Waals surface area contributed by atoms with Crippen molar-refractivity contribution in [3.8, 4) is 11.8 Å². The number of rotatable bonds is 4. The summed E-state index contributed by atoms with van der Waals surface area (Å²) < 4.78 is 5.20. The fraction of sp³-hybridized carbons (Fsp3) is 0.533. The third-order valence-corrected chi connectivity index (χ3v) is 3.77. The van der Waals surface area contributed by atoms with Gasteiger partial charge in [0.1, 0.15) is 11.8 Å². The molecule has 0 spiro atoms. The molecule has 19 heavy (non-hydrogen) atoms. The number of hydrogen-bond donors (Lipinski definition) is 1. The zero-order valence-corrected chi connectivity index (χ0v) is 11.6. The van der Waals surface area contributed by atoms with Crippen LogP contribution >= 0.6 is 0 Å². The van der Waals surface area contributed by atoms with Crippen molar-refractivity contribution < 1.29 is 4.74 Å². The van der Waals surface area contributed by atoms with Crippen LogP contribution in [0.2, 0.25) is 0 Å². The van der Waals surface area contributed by atoms with Crippen LogP contribution in [0.15, 0.2) is 18.2 Å². The number of methoxy groups -OCH3 is 1. The first-order chi connectivity index (χ1) is 9.22. The lowest BCUT2D eigenvalue weighted by molar-refractivity contribution is 0.226. The Hall–Kier alpha value is -1.73. The normalized spacial score (nSPS) is 16.9. The highest BCUT2D eigenvalue weighted by atomic mass is 16.5. The lowest BCUT2D eigenvalue weighted by atomic mass is 9.97. The maximum atomic E-state index is 9.12. The highest BCUT2D eigenvalue weighted by Gasteiger charge is 2.16. The van der Waals surface area contributed by atoms with Crippen molar-refractivity contribution in [2.24, 2.45) is 5.92 Å². The van der Waals surface area contributed by atoms with Gasteiger partial charge in [0, 0.05) is 12.6 Å². The van der Waals surface area contributed by atoms with Crippen LogP contribution in [0.5, 0.6) is 5.75 Å². The van der Waals surface area contributed by atoms with Crippen molar-refractivity contribution in [2.75, 3.05) is 39.1 Å². The number of anilines is 1. The molecule has 0 aliphatic carbocycles. The molecule has 1 aromatic rings. The Labute approximate surface area is 115 Å². The van der Waals surface area contributed by atoms with Gasteiger partial charge in [-0.1, -0.05) is 0 Å². The van der Waals surface area contributed by atoms with Gasteiger partial charge in [0.15, 0.2) is 0 Å². The molecular formula is C15H21N3O. The first-order valence-electron chi connectivity index (χ1n) is 6.73. The van der Waals surface area contributed by atoms with Crippen LogP contribution in [0.3, 0.4) is 0 Å². The van der Waals surface area contributed by atoms with Crippen LogP contribution in [0.1, 0.15) is 18.4 Å². The summed E-state index contributed by atoms with van der Waals surface area (Å²) in [5.41, 5.74) is 1.55. The number of nitriles is 1. The second kappa shape index (κ2) is 6.44. The van der Waals surface area contributed by atoms with Crippen LogP contribution in [-0.2, 0) is 0 Å². The van der Waals surface area contributed by atoms with Gasteiger partial charge in [-0.2, -0.15) is 5.26 Å². The number of benzene rings is 1. The average Bonchev–Trinajstić information content (AvgIpc) is 2.46. The van der Waals surface area contributed by atoms with Crippen molar-refractivity contribution >= 4 is 5.69 Å². The summed E-state index contributed by atoms with van der Waals surface area (Å²) in [5, 5.41) is 12.5. The zero-order chi connectivity index (χ0) is 13.7. The van der Waals surface area contributed by atoms with Crippen molar-refractivity contribution in [1.29, 1.82) is 5.26 Å². The van der Waals surface area contributed by atoms with Gasteiger partial charge in [-0.15, -0.1) is 0 Å². The van der Waals surface area contributed by atoms with E-state index < -0.39 is 0 Å². The first-order valence-corrected chi connectivity index (χ1v) is 6.73. The molecule has 1 aromatic carbocycles. The van der Waals surface area contributed by atoms with E-state index in [4.69, 9.17) is 10.00 Å². The second-order valence-electron chi connectivity index (χ2n) is 5.15. The molecule has 1 saturated heterocycles. The van der Waals surface area contributed by atoms with Gasteiger partial charge in [-0.25, -0.2) is 0 Å². The summed E-state index contributed by atoms with van der Waals surface area (Å²) in [6.07, 6.45) is 2.44. The predicted molar refractivity (Wildman–Crippen MR) is 76.4 cm³/mol. The minimum Gasteiger partial charge on any atom is -0.497 e. The molecule has 0 atom stereocenters. The number of ether oxygens (including phenoxy) is 1. The Morgan fingerprint density at radius 3 is 2.79 bits per heavy atom. The Balaban J connectivity index is 1.96. The molecular weight excluding hydrogens is 238 g/mol. The minimum atomic E-state index is 0.675. The van der Waals surface area contributed by atoms with Gasteiger partial charge in [0.25, 0.3) is 0 Å². The molecule has 0 saturated carbocycles. The van der Waals surface area contributed by atoms with E-state index in [1.165, 1.54) is 12.8 Å². The van der Waals surface area contributed by atoms with Crippen LogP contribution in [0, 0.1) is 17.2 Å². The Morgan fingerprint density at radius 1 is 1.42 bits per heavy atom. The van der Waals surface area contributed by atoms with Gasteiger partial charge in [-0.05, 0) is 51.0 Å². The van der Waals surface area contributed by atoms with Crippen LogP contribution in [0.4, 0.5) is 5.69 Å². The van der Waals surface area contributed by atoms with E-state index in [-0.39, 0.29) is 0 Å². The van der Waals surface area contributed by atoms with E-state index in [1.54, 1.807) is 13.2 Å².